The molecule has 3 aliphatic rings. The van der Waals surface area contributed by atoms with Crippen LogP contribution in [0.15, 0.2) is 382 Å². The van der Waals surface area contributed by atoms with Gasteiger partial charge < -0.3 is 14.7 Å². The molecule has 0 N–H and O–H groups in total. The van der Waals surface area contributed by atoms with Crippen LogP contribution < -0.4 is 35.4 Å². The van der Waals surface area contributed by atoms with Gasteiger partial charge in [-0.3, -0.25) is 0 Å². The van der Waals surface area contributed by atoms with Crippen molar-refractivity contribution in [2.75, 3.05) is 35.8 Å². The molecular weight excluding hydrogens is 1530 g/mol. The van der Waals surface area contributed by atoms with Gasteiger partial charge in [0.25, 0.3) is 0 Å². The lowest BCUT2D eigenvalue weighted by atomic mass is 9.73. The zero-order valence-corrected chi connectivity index (χ0v) is 74.7. The first-order valence-corrected chi connectivity index (χ1v) is 49.8. The number of hydrogen-bond donors (Lipinski definition) is 0. The van der Waals surface area contributed by atoms with Gasteiger partial charge in [-0.05, 0) is 248 Å². The molecule has 0 bridgehead atoms. The van der Waals surface area contributed by atoms with Crippen LogP contribution in [0.1, 0.15) is 41.7 Å². The second-order valence-electron chi connectivity index (χ2n) is 36.2. The molecule has 0 fully saturated rings. The zero-order valence-electron chi connectivity index (χ0n) is 72.7. The molecule has 23 rings (SSSR count). The highest BCUT2D eigenvalue weighted by Crippen LogP contribution is 2.53. The number of para-hydroxylation sites is 3. The van der Waals surface area contributed by atoms with Gasteiger partial charge in [0.05, 0.1) is 0 Å². The molecule has 0 saturated carbocycles. The van der Waals surface area contributed by atoms with Crippen molar-refractivity contribution in [2.24, 2.45) is 0 Å². The van der Waals surface area contributed by atoms with Crippen molar-refractivity contribution in [3.05, 3.63) is 410 Å². The quantitative estimate of drug-likeness (QED) is 0.116. The Morgan fingerprint density at radius 2 is 0.476 bits per heavy atom. The van der Waals surface area contributed by atoms with E-state index >= 15 is 0 Å². The van der Waals surface area contributed by atoms with Gasteiger partial charge in [0.1, 0.15) is 16.1 Å². The smallest absolute Gasteiger partial charge is 0.117 e. The Balaban J connectivity index is 0.000000114. The van der Waals surface area contributed by atoms with E-state index in [0.717, 1.165) is 0 Å². The molecule has 0 saturated heterocycles. The Morgan fingerprint density at radius 1 is 0.194 bits per heavy atom. The Bertz CT molecular complexity index is 7730. The van der Waals surface area contributed by atoms with Crippen LogP contribution in [0.4, 0.5) is 34.1 Å². The van der Waals surface area contributed by atoms with Crippen LogP contribution in [0.5, 0.6) is 0 Å². The molecule has 124 heavy (non-hydrogen) atoms. The lowest BCUT2D eigenvalue weighted by Crippen LogP contribution is -2.58. The van der Waals surface area contributed by atoms with Crippen molar-refractivity contribution in [1.29, 1.82) is 0 Å². The molecule has 0 aliphatic carbocycles. The Labute approximate surface area is 731 Å². The molecule has 0 radical (unpaired) electrons. The van der Waals surface area contributed by atoms with E-state index in [0.29, 0.717) is 0 Å². The van der Waals surface area contributed by atoms with E-state index in [1.165, 1.54) is 236 Å². The zero-order chi connectivity index (χ0) is 84.6. The highest BCUT2D eigenvalue weighted by molar-refractivity contribution is 7.03. The highest BCUT2D eigenvalue weighted by Gasteiger charge is 2.40. The molecule has 20 aromatic rings. The molecule has 598 valence electrons. The summed E-state index contributed by atoms with van der Waals surface area (Å²) in [4.78, 5) is 7.18. The predicted molar refractivity (Wildman–Crippen MR) is 543 cm³/mol. The number of anilines is 6. The van der Waals surface area contributed by atoms with Gasteiger partial charge in [-0.15, -0.1) is 0 Å². The summed E-state index contributed by atoms with van der Waals surface area (Å²) in [7, 11) is 3.02. The average Bonchev–Trinajstić information content (AvgIpc) is 0.719. The first-order chi connectivity index (χ1) is 60.3. The molecule has 3 heterocycles. The molecule has 0 aromatic heterocycles. The van der Waals surface area contributed by atoms with Gasteiger partial charge in [-0.25, -0.2) is 0 Å². The lowest BCUT2D eigenvalue weighted by Gasteiger charge is -2.40. The molecule has 0 spiro atoms. The largest absolute Gasteiger partial charge is 0.345 e. The molecule has 5 heteroatoms. The maximum atomic E-state index is 2.49. The fourth-order valence-corrected chi connectivity index (χ4v) is 27.5. The van der Waals surface area contributed by atoms with Gasteiger partial charge in [0.2, 0.25) is 0 Å². The van der Waals surface area contributed by atoms with E-state index in [2.05, 4.69) is 479 Å². The summed E-state index contributed by atoms with van der Waals surface area (Å²) in [5.74, 6) is 0. The summed E-state index contributed by atoms with van der Waals surface area (Å²) in [5, 5.41) is 24.2. The van der Waals surface area contributed by atoms with Crippen molar-refractivity contribution in [1.82, 2.24) is 0 Å². The fraction of sp³-hybridized carbons (Fsp3) is 0.109. The van der Waals surface area contributed by atoms with E-state index in [9.17, 15) is 0 Å². The second-order valence-corrected chi connectivity index (χ2v) is 44.9. The van der Waals surface area contributed by atoms with Gasteiger partial charge in [-0.1, -0.05) is 396 Å². The third-order valence-electron chi connectivity index (χ3n) is 27.7. The second kappa shape index (κ2) is 30.3. The summed E-state index contributed by atoms with van der Waals surface area (Å²) in [6.07, 6.45) is 0. The van der Waals surface area contributed by atoms with Gasteiger partial charge >= 0.3 is 0 Å². The number of benzene rings is 20. The molecule has 3 nitrogen and oxygen atoms in total. The van der Waals surface area contributed by atoms with Crippen LogP contribution in [0, 0.1) is 20.8 Å². The van der Waals surface area contributed by atoms with Crippen LogP contribution >= 0.6 is 0 Å². The van der Waals surface area contributed by atoms with Crippen molar-refractivity contribution < 1.29 is 0 Å². The topological polar surface area (TPSA) is 9.72 Å². The minimum atomic E-state index is -1.83. The predicted octanol–water partition coefficient (Wildman–Crippen LogP) is 29.9. The van der Waals surface area contributed by atoms with Crippen molar-refractivity contribution in [3.8, 4) is 77.9 Å². The van der Waals surface area contributed by atoms with Crippen LogP contribution in [-0.2, 0) is 5.41 Å². The summed E-state index contributed by atoms with van der Waals surface area (Å²) in [6.45, 7) is 21.3. The third-order valence-corrected chi connectivity index (χ3v) is 34.8. The maximum Gasteiger partial charge on any atom is 0.117 e. The minimum Gasteiger partial charge on any atom is -0.345 e. The Hall–Kier alpha value is -13.9. The lowest BCUT2D eigenvalue weighted by molar-refractivity contribution is 0.629. The molecule has 0 atom stereocenters. The van der Waals surface area contributed by atoms with Gasteiger partial charge in [-0.2, -0.15) is 0 Å². The van der Waals surface area contributed by atoms with E-state index in [1.807, 2.05) is 0 Å². The Morgan fingerprint density at radius 3 is 0.935 bits per heavy atom. The highest BCUT2D eigenvalue weighted by atomic mass is 28.3. The van der Waals surface area contributed by atoms with E-state index < -0.39 is 16.1 Å². The molecule has 20 aromatic carbocycles. The summed E-state index contributed by atoms with van der Waals surface area (Å²) < 4.78 is 0. The molecular formula is C119H99N3Si2. The number of aryl methyl sites for hydroxylation is 3. The Kier molecular flexibility index (Phi) is 18.9. The van der Waals surface area contributed by atoms with Crippen molar-refractivity contribution in [3.63, 3.8) is 0 Å². The standard InChI is InChI=1S/C43H35N.C40H33NSi.C36H31NSi/c1-28-18-24-35-36(26-28)42(32-23-25-38-40(27-32)44(4)39-17-11-10-16-37(39)43(38,2)3)34-15-9-8-14-33(34)41(35)31-21-19-30(20-22-31)29-12-6-5-7-13-29;1-26-17-21-33-34(23-26)40(30-20-22-38-36(25-30)41(2)35-15-9-10-16-37(35)42(38,3)4)32-14-8-7-13-31(32)39(33)29-19-18-27-11-5-6-12-28(27)24-29;1-24-18-20-29-30(22-24)36(28-15-9-8-14-27(28)35(29)25-12-6-5-7-13-25)26-19-21-34-32(23-26)37(2)31-16-10-11-17-33(31)38(34,3)4/h5-27H,1-4H3;5-25H,1-4H3;5-23H,1-4H3. The first kappa shape index (κ1) is 77.4. The summed E-state index contributed by atoms with van der Waals surface area (Å²) in [6, 6.07) is 142. The van der Waals surface area contributed by atoms with Gasteiger partial charge in [0, 0.05) is 60.7 Å². The third kappa shape index (κ3) is 12.7. The fourth-order valence-electron chi connectivity index (χ4n) is 21.3. The van der Waals surface area contributed by atoms with Crippen molar-refractivity contribution >= 4 is 146 Å². The summed E-state index contributed by atoms with van der Waals surface area (Å²) >= 11 is 0. The van der Waals surface area contributed by atoms with Crippen LogP contribution in [0.25, 0.3) is 153 Å². The maximum absolute atomic E-state index is 2.49. The van der Waals surface area contributed by atoms with Crippen molar-refractivity contribution in [2.45, 2.75) is 66.2 Å². The van der Waals surface area contributed by atoms with E-state index in [1.54, 1.807) is 0 Å². The number of fused-ring (bicyclic) bond motifs is 13. The van der Waals surface area contributed by atoms with Crippen LogP contribution in [-0.4, -0.2) is 37.3 Å². The first-order valence-electron chi connectivity index (χ1n) is 43.8. The summed E-state index contributed by atoms with van der Waals surface area (Å²) in [5.41, 5.74) is 32.3. The monoisotopic (exact) mass is 1630 g/mol. The number of rotatable bonds is 7. The minimum absolute atomic E-state index is 0.0759. The number of hydrogen-bond acceptors (Lipinski definition) is 3. The van der Waals surface area contributed by atoms with Crippen LogP contribution in [0.2, 0.25) is 26.2 Å². The SMILES string of the molecule is Cc1ccc2c(-c3ccc(-c4ccccc4)cc3)c3ccccc3c(-c3ccc4c(c3)N(C)c3ccccc3C4(C)C)c2c1.Cc1ccc2c(-c3ccc4ccccc4c3)c3ccccc3c(-c3ccc4c(c3)N(C)c3ccccc3[Si]4(C)C)c2c1.Cc1ccc2c(-c3ccccc3)c3ccccc3c(-c3ccc4c(c3)N(C)c3ccccc3[Si]4(C)C)c2c1. The van der Waals surface area contributed by atoms with Crippen LogP contribution in [0.3, 0.4) is 0 Å². The molecule has 0 unspecified atom stereocenters. The van der Waals surface area contributed by atoms with E-state index in [-0.39, 0.29) is 5.41 Å². The van der Waals surface area contributed by atoms with Gasteiger partial charge in [0.15, 0.2) is 0 Å². The number of nitrogens with zero attached hydrogens (tertiary/aromatic N) is 3. The molecule has 3 aliphatic heterocycles. The normalized spacial score (nSPS) is 13.8. The average molecular weight is 1630 g/mol. The van der Waals surface area contributed by atoms with E-state index in [4.69, 9.17) is 0 Å². The molecule has 0 amide bonds.